The Morgan fingerprint density at radius 3 is 2.67 bits per heavy atom. The molecule has 0 bridgehead atoms. The Hall–Kier alpha value is -1.62. The molecule has 0 saturated carbocycles. The van der Waals surface area contributed by atoms with Crippen LogP contribution in [0.15, 0.2) is 12.5 Å². The van der Waals surface area contributed by atoms with Gasteiger partial charge in [-0.3, -0.25) is 0 Å². The molecule has 0 fully saturated rings. The highest BCUT2D eigenvalue weighted by atomic mass is 35.5. The average Bonchev–Trinajstić information content (AvgIpc) is 2.47. The molecule has 0 atom stereocenters. The summed E-state index contributed by atoms with van der Waals surface area (Å²) in [6.07, 6.45) is 2.96. The fraction of sp³-hybridized carbons (Fsp3) is 0.222. The van der Waals surface area contributed by atoms with Crippen LogP contribution in [0.2, 0.25) is 5.02 Å². The van der Waals surface area contributed by atoms with E-state index in [1.165, 1.54) is 12.5 Å². The van der Waals surface area contributed by atoms with E-state index in [0.717, 1.165) is 11.4 Å². The lowest BCUT2D eigenvalue weighted by Crippen LogP contribution is -2.06. The number of nitrogen functional groups attached to an aromatic ring is 1. The quantitative estimate of drug-likeness (QED) is 0.796. The van der Waals surface area contributed by atoms with Crippen LogP contribution in [-0.4, -0.2) is 19.7 Å². The van der Waals surface area contributed by atoms with Gasteiger partial charge in [0.05, 0.1) is 28.3 Å². The van der Waals surface area contributed by atoms with Gasteiger partial charge in [-0.1, -0.05) is 11.6 Å². The normalized spacial score (nSPS) is 10.6. The van der Waals surface area contributed by atoms with Crippen LogP contribution in [0.5, 0.6) is 0 Å². The summed E-state index contributed by atoms with van der Waals surface area (Å²) in [5, 5.41) is 4.89. The van der Waals surface area contributed by atoms with Crippen molar-refractivity contribution in [2.24, 2.45) is 0 Å². The summed E-state index contributed by atoms with van der Waals surface area (Å²) in [5.41, 5.74) is 7.80. The van der Waals surface area contributed by atoms with Crippen LogP contribution in [0.4, 0.5) is 5.69 Å². The zero-order valence-electron chi connectivity index (χ0n) is 8.40. The highest BCUT2D eigenvalue weighted by Crippen LogP contribution is 2.23. The third-order valence-corrected chi connectivity index (χ3v) is 2.67. The van der Waals surface area contributed by atoms with Crippen LogP contribution < -0.4 is 5.73 Å². The minimum atomic E-state index is 0.472. The Bertz CT molecular complexity index is 505. The molecule has 0 aromatic carbocycles. The van der Waals surface area contributed by atoms with Crippen LogP contribution in [-0.2, 0) is 0 Å². The molecule has 2 N–H and O–H groups in total. The molecule has 2 aromatic rings. The van der Waals surface area contributed by atoms with Crippen molar-refractivity contribution in [2.45, 2.75) is 13.8 Å². The van der Waals surface area contributed by atoms with Crippen molar-refractivity contribution in [3.8, 4) is 5.82 Å². The molecule has 2 aromatic heterocycles. The second kappa shape index (κ2) is 3.51. The number of hydrogen-bond donors (Lipinski definition) is 1. The summed E-state index contributed by atoms with van der Waals surface area (Å²) < 4.78 is 1.62. The zero-order valence-corrected chi connectivity index (χ0v) is 9.15. The Morgan fingerprint density at radius 1 is 1.40 bits per heavy atom. The Labute approximate surface area is 91.9 Å². The molecule has 0 unspecified atom stereocenters. The summed E-state index contributed by atoms with van der Waals surface area (Å²) in [4.78, 5) is 7.89. The predicted molar refractivity (Wildman–Crippen MR) is 58.1 cm³/mol. The second-order valence-electron chi connectivity index (χ2n) is 3.20. The molecule has 6 heteroatoms. The van der Waals surface area contributed by atoms with E-state index >= 15 is 0 Å². The molecule has 0 radical (unpaired) electrons. The van der Waals surface area contributed by atoms with E-state index in [0.29, 0.717) is 16.5 Å². The molecule has 2 rings (SSSR count). The minimum absolute atomic E-state index is 0.472. The highest BCUT2D eigenvalue weighted by Gasteiger charge is 2.13. The van der Waals surface area contributed by atoms with Crippen LogP contribution in [0.25, 0.3) is 5.82 Å². The lowest BCUT2D eigenvalue weighted by molar-refractivity contribution is 0.803. The number of anilines is 1. The standard InChI is InChI=1S/C9H10ClN5/c1-5-8(10)6(2)15(14-5)9-7(11)3-12-4-13-9/h3-4H,11H2,1-2H3. The van der Waals surface area contributed by atoms with E-state index in [9.17, 15) is 0 Å². The number of rotatable bonds is 1. The second-order valence-corrected chi connectivity index (χ2v) is 3.58. The summed E-state index contributed by atoms with van der Waals surface area (Å²) in [7, 11) is 0. The van der Waals surface area contributed by atoms with Gasteiger partial charge in [0.15, 0.2) is 5.82 Å². The summed E-state index contributed by atoms with van der Waals surface area (Å²) >= 11 is 6.03. The Kier molecular flexibility index (Phi) is 2.32. The maximum Gasteiger partial charge on any atom is 0.179 e. The average molecular weight is 224 g/mol. The Morgan fingerprint density at radius 2 is 2.13 bits per heavy atom. The van der Waals surface area contributed by atoms with Gasteiger partial charge in [-0.25, -0.2) is 14.6 Å². The first kappa shape index (κ1) is 9.92. The first-order chi connectivity index (χ1) is 7.11. The van der Waals surface area contributed by atoms with Gasteiger partial charge in [-0.05, 0) is 13.8 Å². The fourth-order valence-electron chi connectivity index (χ4n) is 1.34. The first-order valence-electron chi connectivity index (χ1n) is 4.39. The topological polar surface area (TPSA) is 69.6 Å². The summed E-state index contributed by atoms with van der Waals surface area (Å²) in [6, 6.07) is 0. The zero-order chi connectivity index (χ0) is 11.0. The molecule has 0 amide bonds. The number of hydrogen-bond acceptors (Lipinski definition) is 4. The minimum Gasteiger partial charge on any atom is -0.394 e. The van der Waals surface area contributed by atoms with Gasteiger partial charge < -0.3 is 5.73 Å². The van der Waals surface area contributed by atoms with Crippen LogP contribution in [0, 0.1) is 13.8 Å². The molecular weight excluding hydrogens is 214 g/mol. The molecule has 2 heterocycles. The predicted octanol–water partition coefficient (Wildman–Crippen LogP) is 1.51. The maximum atomic E-state index is 6.03. The lowest BCUT2D eigenvalue weighted by Gasteiger charge is -2.04. The molecule has 0 aliphatic rings. The van der Waals surface area contributed by atoms with Gasteiger partial charge >= 0.3 is 0 Å². The van der Waals surface area contributed by atoms with Crippen molar-refractivity contribution >= 4 is 17.3 Å². The largest absolute Gasteiger partial charge is 0.394 e. The molecule has 0 aliphatic heterocycles. The third kappa shape index (κ3) is 1.55. The van der Waals surface area contributed by atoms with Crippen molar-refractivity contribution in [1.82, 2.24) is 19.7 Å². The van der Waals surface area contributed by atoms with Crippen molar-refractivity contribution < 1.29 is 0 Å². The highest BCUT2D eigenvalue weighted by molar-refractivity contribution is 6.31. The van der Waals surface area contributed by atoms with Gasteiger partial charge in [0.1, 0.15) is 6.33 Å². The van der Waals surface area contributed by atoms with E-state index in [1.807, 2.05) is 13.8 Å². The fourth-order valence-corrected chi connectivity index (χ4v) is 1.46. The third-order valence-electron chi connectivity index (χ3n) is 2.12. The van der Waals surface area contributed by atoms with E-state index in [4.69, 9.17) is 17.3 Å². The number of nitrogens with two attached hydrogens (primary N) is 1. The van der Waals surface area contributed by atoms with Gasteiger partial charge in [0.25, 0.3) is 0 Å². The number of halogens is 1. The van der Waals surface area contributed by atoms with E-state index in [1.54, 1.807) is 4.68 Å². The number of nitrogens with zero attached hydrogens (tertiary/aromatic N) is 4. The molecule has 0 saturated heterocycles. The maximum absolute atomic E-state index is 6.03. The van der Waals surface area contributed by atoms with Crippen LogP contribution >= 0.6 is 11.6 Å². The molecule has 0 aliphatic carbocycles. The number of aryl methyl sites for hydroxylation is 1. The van der Waals surface area contributed by atoms with Gasteiger partial charge in [0.2, 0.25) is 0 Å². The van der Waals surface area contributed by atoms with E-state index in [-0.39, 0.29) is 0 Å². The van der Waals surface area contributed by atoms with Crippen molar-refractivity contribution in [2.75, 3.05) is 5.73 Å². The van der Waals surface area contributed by atoms with Crippen LogP contribution in [0.1, 0.15) is 11.4 Å². The van der Waals surface area contributed by atoms with E-state index in [2.05, 4.69) is 15.1 Å². The number of aromatic nitrogens is 4. The molecular formula is C9H10ClN5. The van der Waals surface area contributed by atoms with E-state index < -0.39 is 0 Å². The molecule has 78 valence electrons. The van der Waals surface area contributed by atoms with Crippen molar-refractivity contribution in [3.05, 3.63) is 28.9 Å². The summed E-state index contributed by atoms with van der Waals surface area (Å²) in [5.74, 6) is 0.553. The van der Waals surface area contributed by atoms with Gasteiger partial charge in [0, 0.05) is 0 Å². The van der Waals surface area contributed by atoms with Gasteiger partial charge in [-0.15, -0.1) is 0 Å². The Balaban J connectivity index is 2.65. The van der Waals surface area contributed by atoms with Crippen molar-refractivity contribution in [1.29, 1.82) is 0 Å². The smallest absolute Gasteiger partial charge is 0.179 e. The SMILES string of the molecule is Cc1nn(-c2ncncc2N)c(C)c1Cl. The van der Waals surface area contributed by atoms with Crippen molar-refractivity contribution in [3.63, 3.8) is 0 Å². The lowest BCUT2D eigenvalue weighted by atomic mass is 10.4. The monoisotopic (exact) mass is 223 g/mol. The first-order valence-corrected chi connectivity index (χ1v) is 4.76. The molecule has 0 spiro atoms. The van der Waals surface area contributed by atoms with Crippen LogP contribution in [0.3, 0.4) is 0 Å². The molecule has 5 nitrogen and oxygen atoms in total. The van der Waals surface area contributed by atoms with Gasteiger partial charge in [-0.2, -0.15) is 5.10 Å². The summed E-state index contributed by atoms with van der Waals surface area (Å²) in [6.45, 7) is 3.70. The molecule has 15 heavy (non-hydrogen) atoms.